The number of aryl methyl sites for hydroxylation is 1. The van der Waals surface area contributed by atoms with E-state index in [1.165, 1.54) is 0 Å². The number of rotatable bonds is 5. The Morgan fingerprint density at radius 2 is 2.13 bits per heavy atom. The fourth-order valence-corrected chi connectivity index (χ4v) is 1.46. The molecule has 0 heterocycles. The highest BCUT2D eigenvalue weighted by Crippen LogP contribution is 2.09. The second-order valence-electron chi connectivity index (χ2n) is 3.93. The van der Waals surface area contributed by atoms with E-state index in [9.17, 15) is 4.39 Å². The lowest BCUT2D eigenvalue weighted by molar-refractivity contribution is 0.509. The van der Waals surface area contributed by atoms with Gasteiger partial charge in [0.05, 0.1) is 0 Å². The molecule has 1 unspecified atom stereocenters. The zero-order chi connectivity index (χ0) is 11.3. The molecule has 15 heavy (non-hydrogen) atoms. The fraction of sp³-hybridized carbons (Fsp3) is 0.500. The van der Waals surface area contributed by atoms with Crippen molar-refractivity contribution in [3.63, 3.8) is 0 Å². The highest BCUT2D eigenvalue weighted by molar-refractivity contribution is 5.23. The van der Waals surface area contributed by atoms with Gasteiger partial charge in [-0.05, 0) is 32.5 Å². The normalized spacial score (nSPS) is 12.8. The van der Waals surface area contributed by atoms with Crippen molar-refractivity contribution in [2.24, 2.45) is 0 Å². The van der Waals surface area contributed by atoms with Gasteiger partial charge in [0.15, 0.2) is 0 Å². The van der Waals surface area contributed by atoms with Gasteiger partial charge in [0.25, 0.3) is 0 Å². The van der Waals surface area contributed by atoms with Crippen LogP contribution in [0.15, 0.2) is 18.2 Å². The maximum absolute atomic E-state index is 13.4. The molecular weight excluding hydrogens is 191 g/mol. The van der Waals surface area contributed by atoms with E-state index in [1.54, 1.807) is 6.07 Å². The van der Waals surface area contributed by atoms with Crippen molar-refractivity contribution >= 4 is 0 Å². The molecule has 1 aromatic rings. The van der Waals surface area contributed by atoms with Crippen molar-refractivity contribution in [3.8, 4) is 0 Å². The number of hydrogen-bond acceptors (Lipinski definition) is 2. The second-order valence-corrected chi connectivity index (χ2v) is 3.93. The van der Waals surface area contributed by atoms with Crippen LogP contribution in [0.3, 0.4) is 0 Å². The summed E-state index contributed by atoms with van der Waals surface area (Å²) in [4.78, 5) is 0. The van der Waals surface area contributed by atoms with Crippen LogP contribution in [0, 0.1) is 12.7 Å². The summed E-state index contributed by atoms with van der Waals surface area (Å²) in [6.45, 7) is 5.43. The predicted octanol–water partition coefficient (Wildman–Crippen LogP) is 1.83. The number of likely N-dealkylation sites (N-methyl/N-ethyl adjacent to an activating group) is 1. The van der Waals surface area contributed by atoms with Gasteiger partial charge in [0.1, 0.15) is 5.82 Å². The molecule has 0 saturated carbocycles. The van der Waals surface area contributed by atoms with Gasteiger partial charge in [-0.1, -0.05) is 12.1 Å². The monoisotopic (exact) mass is 210 g/mol. The van der Waals surface area contributed by atoms with Crippen molar-refractivity contribution < 1.29 is 4.39 Å². The molecule has 0 aliphatic heterocycles. The van der Waals surface area contributed by atoms with E-state index in [-0.39, 0.29) is 5.82 Å². The second kappa shape index (κ2) is 5.83. The Labute approximate surface area is 90.9 Å². The lowest BCUT2D eigenvalue weighted by atomic mass is 10.1. The molecule has 2 N–H and O–H groups in total. The minimum absolute atomic E-state index is 0.126. The Hall–Kier alpha value is -0.930. The molecule has 3 heteroatoms. The molecule has 0 aromatic heterocycles. The molecule has 1 rings (SSSR count). The van der Waals surface area contributed by atoms with Crippen LogP contribution in [-0.4, -0.2) is 19.6 Å². The molecule has 84 valence electrons. The number of hydrogen-bond donors (Lipinski definition) is 2. The van der Waals surface area contributed by atoms with Gasteiger partial charge in [-0.15, -0.1) is 0 Å². The average molecular weight is 210 g/mol. The third kappa shape index (κ3) is 3.98. The van der Waals surface area contributed by atoms with E-state index in [0.717, 1.165) is 17.7 Å². The van der Waals surface area contributed by atoms with E-state index in [2.05, 4.69) is 17.6 Å². The first-order valence-electron chi connectivity index (χ1n) is 5.26. The molecule has 0 fully saturated rings. The average Bonchev–Trinajstić information content (AvgIpc) is 2.17. The first-order chi connectivity index (χ1) is 7.13. The summed E-state index contributed by atoms with van der Waals surface area (Å²) in [6.07, 6.45) is 0. The molecular formula is C12H19FN2. The minimum Gasteiger partial charge on any atom is -0.318 e. The Kier molecular flexibility index (Phi) is 4.72. The van der Waals surface area contributed by atoms with E-state index >= 15 is 0 Å². The van der Waals surface area contributed by atoms with E-state index in [1.807, 2.05) is 26.1 Å². The van der Waals surface area contributed by atoms with E-state index < -0.39 is 0 Å². The molecule has 0 saturated heterocycles. The molecule has 1 aromatic carbocycles. The largest absolute Gasteiger partial charge is 0.318 e. The topological polar surface area (TPSA) is 24.1 Å². The van der Waals surface area contributed by atoms with Gasteiger partial charge in [0.2, 0.25) is 0 Å². The zero-order valence-electron chi connectivity index (χ0n) is 9.60. The third-order valence-electron chi connectivity index (χ3n) is 2.36. The molecule has 0 aliphatic rings. The Balaban J connectivity index is 2.50. The Bertz CT molecular complexity index is 312. The standard InChI is InChI=1S/C12H19FN2/c1-9-4-5-11(12(13)6-9)8-15-10(2)7-14-3/h4-6,10,14-15H,7-8H2,1-3H3. The number of nitrogens with one attached hydrogen (secondary N) is 2. The summed E-state index contributed by atoms with van der Waals surface area (Å²) in [5.74, 6) is -0.126. The number of halogens is 1. The fourth-order valence-electron chi connectivity index (χ4n) is 1.46. The quantitative estimate of drug-likeness (QED) is 0.775. The first kappa shape index (κ1) is 12.1. The van der Waals surface area contributed by atoms with Crippen molar-refractivity contribution in [3.05, 3.63) is 35.1 Å². The highest BCUT2D eigenvalue weighted by Gasteiger charge is 2.04. The van der Waals surface area contributed by atoms with Gasteiger partial charge < -0.3 is 10.6 Å². The predicted molar refractivity (Wildman–Crippen MR) is 61.4 cm³/mol. The highest BCUT2D eigenvalue weighted by atomic mass is 19.1. The third-order valence-corrected chi connectivity index (χ3v) is 2.36. The lowest BCUT2D eigenvalue weighted by Gasteiger charge is -2.13. The lowest BCUT2D eigenvalue weighted by Crippen LogP contribution is -2.34. The summed E-state index contributed by atoms with van der Waals surface area (Å²) in [7, 11) is 1.91. The maximum Gasteiger partial charge on any atom is 0.127 e. The van der Waals surface area contributed by atoms with Gasteiger partial charge in [-0.2, -0.15) is 0 Å². The van der Waals surface area contributed by atoms with Gasteiger partial charge in [-0.3, -0.25) is 0 Å². The molecule has 0 radical (unpaired) electrons. The van der Waals surface area contributed by atoms with E-state index in [4.69, 9.17) is 0 Å². The van der Waals surface area contributed by atoms with Crippen LogP contribution in [0.4, 0.5) is 4.39 Å². The van der Waals surface area contributed by atoms with Crippen molar-refractivity contribution in [1.82, 2.24) is 10.6 Å². The van der Waals surface area contributed by atoms with Crippen LogP contribution in [-0.2, 0) is 6.54 Å². The van der Waals surface area contributed by atoms with Crippen LogP contribution in [0.25, 0.3) is 0 Å². The van der Waals surface area contributed by atoms with Crippen molar-refractivity contribution in [1.29, 1.82) is 0 Å². The van der Waals surface area contributed by atoms with Crippen LogP contribution in [0.2, 0.25) is 0 Å². The first-order valence-corrected chi connectivity index (χ1v) is 5.26. The summed E-state index contributed by atoms with van der Waals surface area (Å²) in [5, 5.41) is 6.33. The number of benzene rings is 1. The smallest absolute Gasteiger partial charge is 0.127 e. The van der Waals surface area contributed by atoms with Crippen molar-refractivity contribution in [2.45, 2.75) is 26.4 Å². The Morgan fingerprint density at radius 1 is 1.40 bits per heavy atom. The van der Waals surface area contributed by atoms with Gasteiger partial charge in [-0.25, -0.2) is 4.39 Å². The van der Waals surface area contributed by atoms with Crippen LogP contribution >= 0.6 is 0 Å². The van der Waals surface area contributed by atoms with Gasteiger partial charge in [0, 0.05) is 24.7 Å². The summed E-state index contributed by atoms with van der Waals surface area (Å²) < 4.78 is 13.4. The SMILES string of the molecule is CNCC(C)NCc1ccc(C)cc1F. The molecule has 1 atom stereocenters. The van der Waals surface area contributed by atoms with E-state index in [0.29, 0.717) is 12.6 Å². The van der Waals surface area contributed by atoms with Crippen LogP contribution < -0.4 is 10.6 Å². The van der Waals surface area contributed by atoms with Gasteiger partial charge >= 0.3 is 0 Å². The molecule has 0 spiro atoms. The Morgan fingerprint density at radius 3 is 2.73 bits per heavy atom. The van der Waals surface area contributed by atoms with Crippen molar-refractivity contribution in [2.75, 3.05) is 13.6 Å². The molecule has 2 nitrogen and oxygen atoms in total. The molecule has 0 amide bonds. The molecule has 0 bridgehead atoms. The summed E-state index contributed by atoms with van der Waals surface area (Å²) in [5.41, 5.74) is 1.68. The zero-order valence-corrected chi connectivity index (χ0v) is 9.60. The summed E-state index contributed by atoms with van der Waals surface area (Å²) >= 11 is 0. The minimum atomic E-state index is -0.126. The van der Waals surface area contributed by atoms with Crippen LogP contribution in [0.1, 0.15) is 18.1 Å². The maximum atomic E-state index is 13.4. The summed E-state index contributed by atoms with van der Waals surface area (Å²) in [6, 6.07) is 5.68. The van der Waals surface area contributed by atoms with Crippen LogP contribution in [0.5, 0.6) is 0 Å². The molecule has 0 aliphatic carbocycles.